The fraction of sp³-hybridized carbons (Fsp3) is 0.706. The maximum Gasteiger partial charge on any atom is 0.191 e. The quantitative estimate of drug-likeness (QED) is 0.565. The molecule has 2 atom stereocenters. The van der Waals surface area contributed by atoms with Crippen molar-refractivity contribution in [3.05, 3.63) is 22.4 Å². The minimum Gasteiger partial charge on any atom is -0.383 e. The lowest BCUT2D eigenvalue weighted by Crippen LogP contribution is -2.44. The average molecular weight is 339 g/mol. The Hall–Kier alpha value is -1.11. The molecule has 1 aliphatic heterocycles. The van der Waals surface area contributed by atoms with Gasteiger partial charge in [0.15, 0.2) is 5.96 Å². The lowest BCUT2D eigenvalue weighted by molar-refractivity contribution is 0.179. The predicted molar refractivity (Wildman–Crippen MR) is 98.3 cm³/mol. The normalized spacial score (nSPS) is 18.8. The molecule has 0 bridgehead atoms. The van der Waals surface area contributed by atoms with Crippen LogP contribution >= 0.6 is 11.3 Å². The van der Waals surface area contributed by atoms with Crippen LogP contribution in [0, 0.1) is 0 Å². The first kappa shape index (κ1) is 18.2. The first-order valence-corrected chi connectivity index (χ1v) is 9.43. The van der Waals surface area contributed by atoms with Gasteiger partial charge in [-0.2, -0.15) is 0 Å². The van der Waals surface area contributed by atoms with E-state index in [1.165, 1.54) is 30.8 Å². The van der Waals surface area contributed by atoms with Crippen molar-refractivity contribution in [2.75, 3.05) is 39.9 Å². The van der Waals surface area contributed by atoms with Crippen molar-refractivity contribution >= 4 is 17.3 Å². The van der Waals surface area contributed by atoms with Crippen LogP contribution in [0.5, 0.6) is 0 Å². The highest BCUT2D eigenvalue weighted by molar-refractivity contribution is 7.10. The molecule has 0 spiro atoms. The first-order valence-electron chi connectivity index (χ1n) is 8.55. The summed E-state index contributed by atoms with van der Waals surface area (Å²) in [7, 11) is 1.72. The van der Waals surface area contributed by atoms with Crippen LogP contribution in [0.25, 0.3) is 0 Å². The highest BCUT2D eigenvalue weighted by Gasteiger charge is 2.24. The Bertz CT molecular complexity index is 457. The van der Waals surface area contributed by atoms with Crippen molar-refractivity contribution in [2.45, 2.75) is 38.8 Å². The molecule has 2 rings (SSSR count). The number of aliphatic imine (C=N–C) groups is 1. The summed E-state index contributed by atoms with van der Waals surface area (Å²) >= 11 is 1.83. The maximum absolute atomic E-state index is 5.20. The molecule has 0 aromatic carbocycles. The third-order valence-electron chi connectivity index (χ3n) is 4.02. The lowest BCUT2D eigenvalue weighted by atomic mass is 10.2. The van der Waals surface area contributed by atoms with E-state index in [-0.39, 0.29) is 6.04 Å². The topological polar surface area (TPSA) is 48.9 Å². The zero-order chi connectivity index (χ0) is 16.5. The first-order chi connectivity index (χ1) is 11.2. The number of nitrogens with zero attached hydrogens (tertiary/aromatic N) is 2. The number of likely N-dealkylation sites (tertiary alicyclic amines) is 1. The van der Waals surface area contributed by atoms with E-state index in [4.69, 9.17) is 9.73 Å². The van der Waals surface area contributed by atoms with Gasteiger partial charge in [0, 0.05) is 24.6 Å². The van der Waals surface area contributed by atoms with Gasteiger partial charge in [0.2, 0.25) is 0 Å². The minimum atomic E-state index is 0.241. The smallest absolute Gasteiger partial charge is 0.191 e. The largest absolute Gasteiger partial charge is 0.383 e. The molecule has 0 aliphatic carbocycles. The molecule has 1 aromatic rings. The van der Waals surface area contributed by atoms with Gasteiger partial charge in [-0.25, -0.2) is 0 Å². The molecule has 2 unspecified atom stereocenters. The molecule has 0 radical (unpaired) electrons. The van der Waals surface area contributed by atoms with Crippen LogP contribution in [0.3, 0.4) is 0 Å². The molecular formula is C17H30N4OS. The van der Waals surface area contributed by atoms with Crippen molar-refractivity contribution in [2.24, 2.45) is 4.99 Å². The number of nitrogens with one attached hydrogen (secondary N) is 2. The van der Waals surface area contributed by atoms with E-state index in [0.29, 0.717) is 12.6 Å². The van der Waals surface area contributed by atoms with Crippen molar-refractivity contribution < 1.29 is 4.74 Å². The third kappa shape index (κ3) is 5.79. The van der Waals surface area contributed by atoms with Gasteiger partial charge in [-0.3, -0.25) is 9.89 Å². The molecule has 130 valence electrons. The Morgan fingerprint density at radius 2 is 2.22 bits per heavy atom. The second-order valence-corrected chi connectivity index (χ2v) is 6.97. The van der Waals surface area contributed by atoms with Gasteiger partial charge >= 0.3 is 0 Å². The van der Waals surface area contributed by atoms with Crippen LogP contribution in [0.4, 0.5) is 0 Å². The number of ether oxygens (including phenoxy) is 1. The number of methoxy groups -OCH3 is 1. The van der Waals surface area contributed by atoms with E-state index in [0.717, 1.165) is 19.0 Å². The molecular weight excluding hydrogens is 308 g/mol. The summed E-state index contributed by atoms with van der Waals surface area (Å²) in [6, 6.07) is 5.00. The Kier molecular flexibility index (Phi) is 7.85. The maximum atomic E-state index is 5.20. The van der Waals surface area contributed by atoms with Gasteiger partial charge < -0.3 is 15.4 Å². The molecule has 0 amide bonds. The Morgan fingerprint density at radius 1 is 1.43 bits per heavy atom. The Morgan fingerprint density at radius 3 is 2.83 bits per heavy atom. The fourth-order valence-corrected chi connectivity index (χ4v) is 3.79. The SMILES string of the molecule is CCNC(=NCC(c1cccs1)N1CCCC1)NC(C)COC. The summed E-state index contributed by atoms with van der Waals surface area (Å²) < 4.78 is 5.20. The van der Waals surface area contributed by atoms with E-state index >= 15 is 0 Å². The Balaban J connectivity index is 2.03. The van der Waals surface area contributed by atoms with Gasteiger partial charge in [-0.15, -0.1) is 11.3 Å². The average Bonchev–Trinajstić information content (AvgIpc) is 3.21. The molecule has 2 N–H and O–H groups in total. The van der Waals surface area contributed by atoms with Gasteiger partial charge in [-0.05, 0) is 51.2 Å². The lowest BCUT2D eigenvalue weighted by Gasteiger charge is -2.26. The third-order valence-corrected chi connectivity index (χ3v) is 4.99. The summed E-state index contributed by atoms with van der Waals surface area (Å²) in [5.41, 5.74) is 0. The fourth-order valence-electron chi connectivity index (χ4n) is 2.94. The highest BCUT2D eigenvalue weighted by Crippen LogP contribution is 2.28. The Labute approximate surface area is 144 Å². The van der Waals surface area contributed by atoms with Gasteiger partial charge in [0.05, 0.1) is 19.2 Å². The van der Waals surface area contributed by atoms with E-state index in [1.54, 1.807) is 7.11 Å². The zero-order valence-corrected chi connectivity index (χ0v) is 15.4. The number of guanidine groups is 1. The molecule has 1 aromatic heterocycles. The summed E-state index contributed by atoms with van der Waals surface area (Å²) in [4.78, 5) is 8.82. The highest BCUT2D eigenvalue weighted by atomic mass is 32.1. The molecule has 2 heterocycles. The van der Waals surface area contributed by atoms with Crippen LogP contribution in [0.1, 0.15) is 37.6 Å². The summed E-state index contributed by atoms with van der Waals surface area (Å²) in [5.74, 6) is 0.873. The van der Waals surface area contributed by atoms with E-state index < -0.39 is 0 Å². The molecule has 1 saturated heterocycles. The zero-order valence-electron chi connectivity index (χ0n) is 14.5. The second kappa shape index (κ2) is 9.90. The van der Waals surface area contributed by atoms with Crippen molar-refractivity contribution in [3.8, 4) is 0 Å². The number of thiophene rings is 1. The van der Waals surface area contributed by atoms with Gasteiger partial charge in [0.1, 0.15) is 0 Å². The van der Waals surface area contributed by atoms with Gasteiger partial charge in [-0.1, -0.05) is 6.07 Å². The van der Waals surface area contributed by atoms with Crippen LogP contribution in [-0.2, 0) is 4.74 Å². The molecule has 1 aliphatic rings. The standard InChI is InChI=1S/C17H30N4OS/c1-4-18-17(20-14(2)13-22-3)19-12-15(16-8-7-11-23-16)21-9-5-6-10-21/h7-8,11,14-15H,4-6,9-10,12-13H2,1-3H3,(H2,18,19,20). The monoisotopic (exact) mass is 338 g/mol. The second-order valence-electron chi connectivity index (χ2n) is 5.99. The molecule has 5 nitrogen and oxygen atoms in total. The summed E-state index contributed by atoms with van der Waals surface area (Å²) in [5, 5.41) is 8.90. The number of hydrogen-bond donors (Lipinski definition) is 2. The van der Waals surface area contributed by atoms with Crippen LogP contribution in [-0.4, -0.2) is 56.8 Å². The van der Waals surface area contributed by atoms with E-state index in [2.05, 4.69) is 46.9 Å². The van der Waals surface area contributed by atoms with Crippen molar-refractivity contribution in [1.29, 1.82) is 0 Å². The minimum absolute atomic E-state index is 0.241. The number of hydrogen-bond acceptors (Lipinski definition) is 4. The molecule has 1 fully saturated rings. The molecule has 6 heteroatoms. The van der Waals surface area contributed by atoms with Crippen molar-refractivity contribution in [1.82, 2.24) is 15.5 Å². The van der Waals surface area contributed by atoms with Crippen LogP contribution in [0.2, 0.25) is 0 Å². The van der Waals surface area contributed by atoms with E-state index in [9.17, 15) is 0 Å². The predicted octanol–water partition coefficient (Wildman–Crippen LogP) is 2.48. The van der Waals surface area contributed by atoms with E-state index in [1.807, 2.05) is 11.3 Å². The van der Waals surface area contributed by atoms with Crippen LogP contribution in [0.15, 0.2) is 22.5 Å². The number of rotatable bonds is 8. The van der Waals surface area contributed by atoms with Crippen molar-refractivity contribution in [3.63, 3.8) is 0 Å². The summed E-state index contributed by atoms with van der Waals surface area (Å²) in [6.45, 7) is 8.88. The van der Waals surface area contributed by atoms with Gasteiger partial charge in [0.25, 0.3) is 0 Å². The molecule has 0 saturated carbocycles. The van der Waals surface area contributed by atoms with Crippen LogP contribution < -0.4 is 10.6 Å². The molecule has 23 heavy (non-hydrogen) atoms. The summed E-state index contributed by atoms with van der Waals surface area (Å²) in [6.07, 6.45) is 2.60.